The van der Waals surface area contributed by atoms with Gasteiger partial charge >= 0.3 is 0 Å². The summed E-state index contributed by atoms with van der Waals surface area (Å²) >= 11 is 0. The SMILES string of the molecule is CC[C@H](NC)C(C)NC1=C(C(C)=O)CCCC1. The van der Waals surface area contributed by atoms with Crippen LogP contribution >= 0.6 is 0 Å². The molecule has 2 atom stereocenters. The van der Waals surface area contributed by atoms with Crippen LogP contribution in [0.2, 0.25) is 0 Å². The fourth-order valence-electron chi connectivity index (χ4n) is 2.64. The van der Waals surface area contributed by atoms with Crippen LogP contribution in [-0.2, 0) is 4.79 Å². The van der Waals surface area contributed by atoms with Gasteiger partial charge in [-0.15, -0.1) is 0 Å². The molecule has 0 bridgehead atoms. The number of hydrogen-bond donors (Lipinski definition) is 2. The van der Waals surface area contributed by atoms with Crippen molar-refractivity contribution >= 4 is 5.78 Å². The van der Waals surface area contributed by atoms with Crippen molar-refractivity contribution in [1.29, 1.82) is 0 Å². The smallest absolute Gasteiger partial charge is 0.157 e. The van der Waals surface area contributed by atoms with Crippen LogP contribution < -0.4 is 10.6 Å². The van der Waals surface area contributed by atoms with Crippen LogP contribution in [-0.4, -0.2) is 24.9 Å². The Hall–Kier alpha value is -0.830. The quantitative estimate of drug-likeness (QED) is 0.746. The van der Waals surface area contributed by atoms with Crippen molar-refractivity contribution in [2.75, 3.05) is 7.05 Å². The number of allylic oxidation sites excluding steroid dienone is 2. The maximum atomic E-state index is 11.6. The van der Waals surface area contributed by atoms with E-state index in [4.69, 9.17) is 0 Å². The Kier molecular flexibility index (Phi) is 5.69. The predicted octanol–water partition coefficient (Wildman–Crippen LogP) is 2.38. The molecule has 0 aliphatic heterocycles. The van der Waals surface area contributed by atoms with Crippen LogP contribution in [0.15, 0.2) is 11.3 Å². The average molecular weight is 238 g/mol. The first-order valence-corrected chi connectivity index (χ1v) is 6.76. The van der Waals surface area contributed by atoms with E-state index in [2.05, 4.69) is 24.5 Å². The van der Waals surface area contributed by atoms with E-state index in [0.29, 0.717) is 12.1 Å². The minimum absolute atomic E-state index is 0.233. The Labute approximate surface area is 105 Å². The third-order valence-corrected chi connectivity index (χ3v) is 3.71. The van der Waals surface area contributed by atoms with E-state index in [1.165, 1.54) is 12.1 Å². The summed E-state index contributed by atoms with van der Waals surface area (Å²) in [5, 5.41) is 6.86. The van der Waals surface area contributed by atoms with Crippen LogP contribution in [0, 0.1) is 0 Å². The summed E-state index contributed by atoms with van der Waals surface area (Å²) in [6, 6.07) is 0.824. The number of carbonyl (C=O) groups is 1. The summed E-state index contributed by atoms with van der Waals surface area (Å²) in [5.74, 6) is 0.233. The van der Waals surface area contributed by atoms with Gasteiger partial charge in [0.2, 0.25) is 0 Å². The van der Waals surface area contributed by atoms with Crippen LogP contribution in [0.1, 0.15) is 52.9 Å². The second-order valence-corrected chi connectivity index (χ2v) is 4.96. The minimum Gasteiger partial charge on any atom is -0.384 e. The minimum atomic E-state index is 0.233. The van der Waals surface area contributed by atoms with Gasteiger partial charge in [-0.05, 0) is 53.0 Å². The first kappa shape index (κ1) is 14.2. The van der Waals surface area contributed by atoms with Crippen molar-refractivity contribution in [1.82, 2.24) is 10.6 Å². The van der Waals surface area contributed by atoms with E-state index in [1.807, 2.05) is 7.05 Å². The molecule has 0 radical (unpaired) electrons. The highest BCUT2D eigenvalue weighted by Crippen LogP contribution is 2.24. The Morgan fingerprint density at radius 1 is 1.35 bits per heavy atom. The molecule has 2 N–H and O–H groups in total. The van der Waals surface area contributed by atoms with Gasteiger partial charge in [-0.2, -0.15) is 0 Å². The number of Topliss-reactive ketones (excluding diaryl/α,β-unsaturated/α-hetero) is 1. The standard InChI is InChI=1S/C14H26N2O/c1-5-13(15-4)10(2)16-14-9-7-6-8-12(14)11(3)17/h10,13,15-16H,5-9H2,1-4H3/t10?,13-/m0/s1. The van der Waals surface area contributed by atoms with Crippen molar-refractivity contribution in [2.45, 2.75) is 65.0 Å². The van der Waals surface area contributed by atoms with E-state index in [1.54, 1.807) is 6.92 Å². The zero-order chi connectivity index (χ0) is 12.8. The molecule has 3 heteroatoms. The predicted molar refractivity (Wildman–Crippen MR) is 71.9 cm³/mol. The van der Waals surface area contributed by atoms with Gasteiger partial charge in [0.15, 0.2) is 5.78 Å². The van der Waals surface area contributed by atoms with E-state index in [9.17, 15) is 4.79 Å². The fraction of sp³-hybridized carbons (Fsp3) is 0.786. The molecule has 98 valence electrons. The summed E-state index contributed by atoms with van der Waals surface area (Å²) in [6.45, 7) is 6.05. The number of likely N-dealkylation sites (N-methyl/N-ethyl adjacent to an activating group) is 1. The topological polar surface area (TPSA) is 41.1 Å². The van der Waals surface area contributed by atoms with Crippen molar-refractivity contribution < 1.29 is 4.79 Å². The molecule has 0 fully saturated rings. The summed E-state index contributed by atoms with van der Waals surface area (Å²) in [5.41, 5.74) is 2.21. The molecule has 1 rings (SSSR count). The van der Waals surface area contributed by atoms with Crippen LogP contribution in [0.25, 0.3) is 0 Å². The van der Waals surface area contributed by atoms with Gasteiger partial charge < -0.3 is 10.6 Å². The first-order valence-electron chi connectivity index (χ1n) is 6.76. The number of rotatable bonds is 6. The maximum absolute atomic E-state index is 11.6. The normalized spacial score (nSPS) is 20.0. The first-order chi connectivity index (χ1) is 8.10. The second-order valence-electron chi connectivity index (χ2n) is 4.96. The van der Waals surface area contributed by atoms with Gasteiger partial charge in [0.05, 0.1) is 0 Å². The van der Waals surface area contributed by atoms with Crippen molar-refractivity contribution in [3.63, 3.8) is 0 Å². The molecule has 0 aromatic carbocycles. The highest BCUT2D eigenvalue weighted by Gasteiger charge is 2.20. The zero-order valence-electron chi connectivity index (χ0n) is 11.6. The fourth-order valence-corrected chi connectivity index (χ4v) is 2.64. The van der Waals surface area contributed by atoms with E-state index >= 15 is 0 Å². The van der Waals surface area contributed by atoms with Gasteiger partial charge in [-0.1, -0.05) is 6.92 Å². The van der Waals surface area contributed by atoms with Crippen LogP contribution in [0.5, 0.6) is 0 Å². The zero-order valence-corrected chi connectivity index (χ0v) is 11.6. The molecule has 0 aromatic heterocycles. The Morgan fingerprint density at radius 2 is 2.00 bits per heavy atom. The van der Waals surface area contributed by atoms with E-state index in [0.717, 1.165) is 31.3 Å². The molecule has 1 aliphatic carbocycles. The van der Waals surface area contributed by atoms with Gasteiger partial charge in [-0.3, -0.25) is 4.79 Å². The monoisotopic (exact) mass is 238 g/mol. The largest absolute Gasteiger partial charge is 0.384 e. The molecule has 0 spiro atoms. The summed E-state index contributed by atoms with van der Waals surface area (Å²) < 4.78 is 0. The van der Waals surface area contributed by atoms with Crippen LogP contribution in [0.3, 0.4) is 0 Å². The molecule has 1 aliphatic rings. The highest BCUT2D eigenvalue weighted by atomic mass is 16.1. The number of hydrogen-bond acceptors (Lipinski definition) is 3. The second kappa shape index (κ2) is 6.80. The van der Waals surface area contributed by atoms with Gasteiger partial charge in [0.1, 0.15) is 0 Å². The Bertz CT molecular complexity index is 293. The molecule has 0 saturated carbocycles. The molecular formula is C14H26N2O. The van der Waals surface area contributed by atoms with E-state index < -0.39 is 0 Å². The summed E-state index contributed by atoms with van der Waals surface area (Å²) in [7, 11) is 1.99. The van der Waals surface area contributed by atoms with Crippen molar-refractivity contribution in [2.24, 2.45) is 0 Å². The third-order valence-electron chi connectivity index (χ3n) is 3.71. The van der Waals surface area contributed by atoms with Gasteiger partial charge in [0.25, 0.3) is 0 Å². The molecule has 0 saturated heterocycles. The number of ketones is 1. The lowest BCUT2D eigenvalue weighted by atomic mass is 9.93. The van der Waals surface area contributed by atoms with Gasteiger partial charge in [0, 0.05) is 23.4 Å². The molecule has 3 nitrogen and oxygen atoms in total. The Morgan fingerprint density at radius 3 is 2.53 bits per heavy atom. The lowest BCUT2D eigenvalue weighted by Gasteiger charge is -2.28. The maximum Gasteiger partial charge on any atom is 0.157 e. The number of nitrogens with one attached hydrogen (secondary N) is 2. The van der Waals surface area contributed by atoms with Crippen molar-refractivity contribution in [3.05, 3.63) is 11.3 Å². The molecule has 0 amide bonds. The number of carbonyl (C=O) groups excluding carboxylic acids is 1. The van der Waals surface area contributed by atoms with Crippen LogP contribution in [0.4, 0.5) is 0 Å². The lowest BCUT2D eigenvalue weighted by molar-refractivity contribution is -0.113. The molecule has 17 heavy (non-hydrogen) atoms. The molecule has 1 unspecified atom stereocenters. The lowest BCUT2D eigenvalue weighted by Crippen LogP contribution is -2.44. The highest BCUT2D eigenvalue weighted by molar-refractivity contribution is 5.94. The van der Waals surface area contributed by atoms with Gasteiger partial charge in [-0.25, -0.2) is 0 Å². The summed E-state index contributed by atoms with van der Waals surface area (Å²) in [4.78, 5) is 11.6. The van der Waals surface area contributed by atoms with Crippen molar-refractivity contribution in [3.8, 4) is 0 Å². The molecular weight excluding hydrogens is 212 g/mol. The average Bonchev–Trinajstić information content (AvgIpc) is 2.31. The van der Waals surface area contributed by atoms with E-state index in [-0.39, 0.29) is 5.78 Å². The third kappa shape index (κ3) is 3.84. The summed E-state index contributed by atoms with van der Waals surface area (Å²) in [6.07, 6.45) is 5.41. The molecule has 0 heterocycles. The molecule has 0 aromatic rings. The Balaban J connectivity index is 2.73.